The highest BCUT2D eigenvalue weighted by atomic mass is 32.1. The zero-order valence-corrected chi connectivity index (χ0v) is 30.0. The second kappa shape index (κ2) is 14.6. The van der Waals surface area contributed by atoms with E-state index in [4.69, 9.17) is 14.5 Å². The number of esters is 1. The maximum absolute atomic E-state index is 14.8. The molecule has 1 aliphatic rings. The molecule has 0 saturated heterocycles. The molecule has 2 aromatic heterocycles. The summed E-state index contributed by atoms with van der Waals surface area (Å²) in [5, 5.41) is 0. The van der Waals surface area contributed by atoms with Gasteiger partial charge >= 0.3 is 5.97 Å². The predicted molar refractivity (Wildman–Crippen MR) is 211 cm³/mol. The molecule has 0 spiro atoms. The number of thiazole rings is 1. The smallest absolute Gasteiger partial charge is 0.338 e. The third-order valence-corrected chi connectivity index (χ3v) is 10.2. The summed E-state index contributed by atoms with van der Waals surface area (Å²) in [6.07, 6.45) is 1.96. The lowest BCUT2D eigenvalue weighted by molar-refractivity contribution is -0.138. The molecule has 7 nitrogen and oxygen atoms in total. The molecule has 7 aromatic rings. The Morgan fingerprint density at radius 1 is 0.774 bits per heavy atom. The van der Waals surface area contributed by atoms with Crippen LogP contribution in [-0.4, -0.2) is 28.8 Å². The Morgan fingerprint density at radius 3 is 1.96 bits per heavy atom. The van der Waals surface area contributed by atoms with E-state index in [0.717, 1.165) is 44.9 Å². The van der Waals surface area contributed by atoms with Crippen molar-refractivity contribution in [3.05, 3.63) is 194 Å². The van der Waals surface area contributed by atoms with Crippen LogP contribution >= 0.6 is 11.3 Å². The zero-order chi connectivity index (χ0) is 36.3. The lowest BCUT2D eigenvalue weighted by Crippen LogP contribution is -2.40. The fourth-order valence-corrected chi connectivity index (χ4v) is 7.87. The maximum atomic E-state index is 14.8. The number of methoxy groups -OCH3 is 1. The molecule has 0 amide bonds. The third kappa shape index (κ3) is 6.34. The summed E-state index contributed by atoms with van der Waals surface area (Å²) < 4.78 is 15.5. The van der Waals surface area contributed by atoms with Gasteiger partial charge in [-0.3, -0.25) is 9.36 Å². The van der Waals surface area contributed by atoms with E-state index in [9.17, 15) is 9.59 Å². The second-order valence-electron chi connectivity index (χ2n) is 12.4. The number of nitrogens with zero attached hydrogens (tertiary/aromatic N) is 3. The quantitative estimate of drug-likeness (QED) is 0.142. The van der Waals surface area contributed by atoms with Crippen LogP contribution in [0.5, 0.6) is 5.75 Å². The Hall–Kier alpha value is -6.51. The van der Waals surface area contributed by atoms with E-state index in [2.05, 4.69) is 47.0 Å². The number of rotatable bonds is 9. The number of benzene rings is 5. The molecule has 0 fully saturated rings. The molecule has 0 bridgehead atoms. The summed E-state index contributed by atoms with van der Waals surface area (Å²) in [6.45, 7) is 1.95. The molecule has 0 unspecified atom stereocenters. The van der Waals surface area contributed by atoms with Gasteiger partial charge < -0.3 is 14.0 Å². The minimum Gasteiger partial charge on any atom is -0.497 e. The van der Waals surface area contributed by atoms with Gasteiger partial charge in [-0.25, -0.2) is 9.79 Å². The number of ether oxygens (including phenoxy) is 2. The minimum atomic E-state index is -0.795. The van der Waals surface area contributed by atoms with Crippen LogP contribution in [0.3, 0.4) is 0 Å². The van der Waals surface area contributed by atoms with Crippen LogP contribution in [0.2, 0.25) is 0 Å². The topological polar surface area (TPSA) is 74.8 Å². The van der Waals surface area contributed by atoms with Crippen molar-refractivity contribution in [1.82, 2.24) is 9.13 Å². The highest BCUT2D eigenvalue weighted by Gasteiger charge is 2.35. The van der Waals surface area contributed by atoms with Crippen molar-refractivity contribution in [2.45, 2.75) is 13.0 Å². The summed E-state index contributed by atoms with van der Waals surface area (Å²) in [4.78, 5) is 34.3. The summed E-state index contributed by atoms with van der Waals surface area (Å²) in [6, 6.07) is 49.1. The Balaban J connectivity index is 1.42. The zero-order valence-electron chi connectivity index (χ0n) is 29.2. The minimum absolute atomic E-state index is 0.175. The van der Waals surface area contributed by atoms with Gasteiger partial charge in [0.2, 0.25) is 0 Å². The van der Waals surface area contributed by atoms with Gasteiger partial charge in [0.25, 0.3) is 5.56 Å². The Kier molecular flexibility index (Phi) is 9.27. The van der Waals surface area contributed by atoms with Crippen molar-refractivity contribution in [1.29, 1.82) is 0 Å². The van der Waals surface area contributed by atoms with Crippen LogP contribution in [0.1, 0.15) is 29.7 Å². The predicted octanol–water partition coefficient (Wildman–Crippen LogP) is 8.07. The number of aromatic nitrogens is 2. The fourth-order valence-electron chi connectivity index (χ4n) is 6.88. The Bertz CT molecular complexity index is 2630. The molecule has 260 valence electrons. The molecule has 8 heteroatoms. The normalized spacial score (nSPS) is 14.1. The van der Waals surface area contributed by atoms with E-state index in [-0.39, 0.29) is 12.2 Å². The molecule has 0 saturated carbocycles. The first kappa shape index (κ1) is 33.6. The van der Waals surface area contributed by atoms with Crippen LogP contribution in [-0.2, 0) is 9.53 Å². The maximum Gasteiger partial charge on any atom is 0.338 e. The van der Waals surface area contributed by atoms with Gasteiger partial charge in [-0.15, -0.1) is 0 Å². The van der Waals surface area contributed by atoms with Gasteiger partial charge in [0, 0.05) is 16.8 Å². The molecular formula is C45H35N3O4S. The third-order valence-electron chi connectivity index (χ3n) is 9.25. The van der Waals surface area contributed by atoms with Gasteiger partial charge in [-0.05, 0) is 60.0 Å². The van der Waals surface area contributed by atoms with E-state index < -0.39 is 12.0 Å². The van der Waals surface area contributed by atoms with E-state index in [1.165, 1.54) is 11.3 Å². The van der Waals surface area contributed by atoms with Crippen molar-refractivity contribution in [3.8, 4) is 34.0 Å². The molecule has 0 N–H and O–H groups in total. The van der Waals surface area contributed by atoms with E-state index in [1.54, 1.807) is 18.6 Å². The largest absolute Gasteiger partial charge is 0.497 e. The molecule has 1 aliphatic heterocycles. The Labute approximate surface area is 310 Å². The van der Waals surface area contributed by atoms with Crippen molar-refractivity contribution < 1.29 is 14.3 Å². The molecule has 53 heavy (non-hydrogen) atoms. The molecular weight excluding hydrogens is 679 g/mol. The van der Waals surface area contributed by atoms with Gasteiger partial charge in [-0.1, -0.05) is 133 Å². The van der Waals surface area contributed by atoms with Gasteiger partial charge in [0.1, 0.15) is 5.75 Å². The molecule has 5 aromatic carbocycles. The van der Waals surface area contributed by atoms with Crippen LogP contribution in [0.15, 0.2) is 167 Å². The van der Waals surface area contributed by atoms with Crippen LogP contribution in [0.4, 0.5) is 0 Å². The highest BCUT2D eigenvalue weighted by Crippen LogP contribution is 2.38. The number of hydrogen-bond donors (Lipinski definition) is 0. The van der Waals surface area contributed by atoms with Gasteiger partial charge in [-0.2, -0.15) is 0 Å². The number of fused-ring (bicyclic) bond motifs is 1. The van der Waals surface area contributed by atoms with E-state index in [1.807, 2.05) is 115 Å². The number of carbonyl (C=O) groups is 1. The first-order valence-electron chi connectivity index (χ1n) is 17.4. The van der Waals surface area contributed by atoms with E-state index in [0.29, 0.717) is 26.4 Å². The molecule has 8 rings (SSSR count). The van der Waals surface area contributed by atoms with Crippen LogP contribution < -0.4 is 19.6 Å². The monoisotopic (exact) mass is 713 g/mol. The summed E-state index contributed by atoms with van der Waals surface area (Å²) in [5.74, 6) is 0.140. The van der Waals surface area contributed by atoms with Crippen molar-refractivity contribution >= 4 is 29.1 Å². The molecule has 3 heterocycles. The second-order valence-corrected chi connectivity index (χ2v) is 13.5. The first-order valence-corrected chi connectivity index (χ1v) is 18.2. The van der Waals surface area contributed by atoms with Gasteiger partial charge in [0.05, 0.1) is 46.9 Å². The SMILES string of the molecule is CCOC(=O)C1=C(c2ccccc2)N=c2s/c(=C\c3cc(-c4ccccc4)n(-c4ccccc4)c3-c3ccccc3)c(=O)n2[C@H]1c1ccc(OC)cc1. The molecule has 0 radical (unpaired) electrons. The van der Waals surface area contributed by atoms with Gasteiger partial charge in [0.15, 0.2) is 4.80 Å². The summed E-state index contributed by atoms with van der Waals surface area (Å²) in [5.41, 5.74) is 7.86. The average molecular weight is 714 g/mol. The first-order chi connectivity index (χ1) is 26.1. The molecule has 0 aliphatic carbocycles. The fraction of sp³-hybridized carbons (Fsp3) is 0.0889. The summed E-state index contributed by atoms with van der Waals surface area (Å²) in [7, 11) is 1.60. The van der Waals surface area contributed by atoms with Crippen molar-refractivity contribution in [2.24, 2.45) is 4.99 Å². The number of hydrogen-bond acceptors (Lipinski definition) is 6. The van der Waals surface area contributed by atoms with Crippen LogP contribution in [0.25, 0.3) is 40.0 Å². The number of carbonyl (C=O) groups excluding carboxylic acids is 1. The average Bonchev–Trinajstić information content (AvgIpc) is 3.75. The number of para-hydroxylation sites is 1. The lowest BCUT2D eigenvalue weighted by Gasteiger charge is -2.26. The van der Waals surface area contributed by atoms with Crippen molar-refractivity contribution in [2.75, 3.05) is 13.7 Å². The summed E-state index contributed by atoms with van der Waals surface area (Å²) >= 11 is 1.31. The lowest BCUT2D eigenvalue weighted by atomic mass is 9.93. The standard InChI is InChI=1S/C45H35N3O4S/c1-3-52-44(50)39-40(31-18-10-5-11-19-31)46-45-48(42(39)33-24-26-36(51-2)27-25-33)43(49)38(53-45)29-34-28-37(30-16-8-4-9-17-30)47(35-22-14-7-15-23-35)41(34)32-20-12-6-13-21-32/h4-29,42H,3H2,1-2H3/b38-29-/t42-/m0/s1. The molecule has 1 atom stereocenters. The van der Waals surface area contributed by atoms with Crippen molar-refractivity contribution in [3.63, 3.8) is 0 Å². The Morgan fingerprint density at radius 2 is 1.36 bits per heavy atom. The van der Waals surface area contributed by atoms with Crippen LogP contribution in [0, 0.1) is 0 Å². The van der Waals surface area contributed by atoms with E-state index >= 15 is 0 Å². The highest BCUT2D eigenvalue weighted by molar-refractivity contribution is 7.07.